The zero-order valence-electron chi connectivity index (χ0n) is 10.3. The molecule has 0 saturated carbocycles. The van der Waals surface area contributed by atoms with Crippen LogP contribution in [0.4, 0.5) is 0 Å². The van der Waals surface area contributed by atoms with Gasteiger partial charge in [0, 0.05) is 22.2 Å². The first-order chi connectivity index (χ1) is 9.13. The lowest BCUT2D eigenvalue weighted by atomic mass is 10.2. The zero-order chi connectivity index (χ0) is 13.4. The largest absolute Gasteiger partial charge is 0.322 e. The standard InChI is InChI=1S/C14H11BrClN3/c1-9-18-14-13(6-11(15)7-17-14)19(9)8-10-2-4-12(16)5-3-10/h2-7H,8H2,1H3. The van der Waals surface area contributed by atoms with Gasteiger partial charge in [-0.25, -0.2) is 9.97 Å². The second-order valence-electron chi connectivity index (χ2n) is 4.37. The smallest absolute Gasteiger partial charge is 0.177 e. The fourth-order valence-electron chi connectivity index (χ4n) is 2.07. The van der Waals surface area contributed by atoms with Crippen molar-refractivity contribution in [2.45, 2.75) is 13.5 Å². The van der Waals surface area contributed by atoms with Gasteiger partial charge < -0.3 is 4.57 Å². The van der Waals surface area contributed by atoms with Gasteiger partial charge in [-0.1, -0.05) is 23.7 Å². The monoisotopic (exact) mass is 335 g/mol. The van der Waals surface area contributed by atoms with E-state index in [0.29, 0.717) is 0 Å². The van der Waals surface area contributed by atoms with E-state index in [1.165, 1.54) is 5.56 Å². The Kier molecular flexibility index (Phi) is 3.29. The second kappa shape index (κ2) is 4.94. The molecule has 0 saturated heterocycles. The average molecular weight is 337 g/mol. The number of rotatable bonds is 2. The van der Waals surface area contributed by atoms with Crippen molar-refractivity contribution in [1.82, 2.24) is 14.5 Å². The van der Waals surface area contributed by atoms with Crippen LogP contribution < -0.4 is 0 Å². The van der Waals surface area contributed by atoms with Crippen LogP contribution in [0.5, 0.6) is 0 Å². The first kappa shape index (κ1) is 12.6. The number of pyridine rings is 1. The summed E-state index contributed by atoms with van der Waals surface area (Å²) in [4.78, 5) is 8.79. The molecule has 0 unspecified atom stereocenters. The molecule has 0 fully saturated rings. The van der Waals surface area contributed by atoms with Crippen molar-refractivity contribution >= 4 is 38.7 Å². The van der Waals surface area contributed by atoms with Crippen molar-refractivity contribution in [2.24, 2.45) is 0 Å². The van der Waals surface area contributed by atoms with Gasteiger partial charge in [-0.05, 0) is 46.6 Å². The number of hydrogen-bond donors (Lipinski definition) is 0. The van der Waals surface area contributed by atoms with Gasteiger partial charge in [0.2, 0.25) is 0 Å². The van der Waals surface area contributed by atoms with Crippen LogP contribution in [0.25, 0.3) is 11.2 Å². The maximum absolute atomic E-state index is 5.91. The van der Waals surface area contributed by atoms with Crippen molar-refractivity contribution in [2.75, 3.05) is 0 Å². The molecule has 0 N–H and O–H groups in total. The minimum absolute atomic E-state index is 0.750. The van der Waals surface area contributed by atoms with E-state index in [1.807, 2.05) is 37.3 Å². The van der Waals surface area contributed by atoms with Gasteiger partial charge in [0.1, 0.15) is 5.82 Å². The maximum Gasteiger partial charge on any atom is 0.177 e. The van der Waals surface area contributed by atoms with Crippen molar-refractivity contribution in [3.63, 3.8) is 0 Å². The molecule has 0 aliphatic heterocycles. The van der Waals surface area contributed by atoms with Crippen LogP contribution in [0.2, 0.25) is 5.02 Å². The number of hydrogen-bond acceptors (Lipinski definition) is 2. The molecule has 3 nitrogen and oxygen atoms in total. The van der Waals surface area contributed by atoms with E-state index in [2.05, 4.69) is 30.5 Å². The van der Waals surface area contributed by atoms with Crippen LogP contribution in [-0.4, -0.2) is 14.5 Å². The van der Waals surface area contributed by atoms with E-state index < -0.39 is 0 Å². The summed E-state index contributed by atoms with van der Waals surface area (Å²) in [5, 5.41) is 0.750. The van der Waals surface area contributed by atoms with Crippen molar-refractivity contribution in [3.8, 4) is 0 Å². The number of imidazole rings is 1. The molecule has 2 aromatic heterocycles. The Bertz CT molecular complexity index is 734. The normalized spacial score (nSPS) is 11.1. The highest BCUT2D eigenvalue weighted by atomic mass is 79.9. The Hall–Kier alpha value is -1.39. The van der Waals surface area contributed by atoms with Gasteiger partial charge in [0.05, 0.1) is 5.52 Å². The quantitative estimate of drug-likeness (QED) is 0.702. The molecule has 2 heterocycles. The lowest BCUT2D eigenvalue weighted by Gasteiger charge is -2.07. The third kappa shape index (κ3) is 2.51. The molecule has 3 rings (SSSR count). The van der Waals surface area contributed by atoms with Crippen molar-refractivity contribution in [3.05, 3.63) is 57.4 Å². The molecule has 0 aliphatic carbocycles. The molecule has 0 radical (unpaired) electrons. The maximum atomic E-state index is 5.91. The number of fused-ring (bicyclic) bond motifs is 1. The summed E-state index contributed by atoms with van der Waals surface area (Å²) in [5.74, 6) is 0.954. The molecule has 0 aliphatic rings. The van der Waals surface area contributed by atoms with E-state index >= 15 is 0 Å². The Balaban J connectivity index is 2.06. The Labute approximate surface area is 124 Å². The molecule has 0 amide bonds. The molecular weight excluding hydrogens is 326 g/mol. The van der Waals surface area contributed by atoms with Gasteiger partial charge in [-0.3, -0.25) is 0 Å². The van der Waals surface area contributed by atoms with E-state index in [1.54, 1.807) is 6.20 Å². The van der Waals surface area contributed by atoms with Gasteiger partial charge >= 0.3 is 0 Å². The minimum atomic E-state index is 0.750. The second-order valence-corrected chi connectivity index (χ2v) is 5.72. The Morgan fingerprint density at radius 1 is 1.26 bits per heavy atom. The predicted octanol–water partition coefficient (Wildman–Crippen LogP) is 4.20. The summed E-state index contributed by atoms with van der Waals surface area (Å²) in [6.07, 6.45) is 1.77. The molecule has 1 aromatic carbocycles. The lowest BCUT2D eigenvalue weighted by molar-refractivity contribution is 0.786. The number of nitrogens with zero attached hydrogens (tertiary/aromatic N) is 3. The van der Waals surface area contributed by atoms with Gasteiger partial charge in [0.25, 0.3) is 0 Å². The molecule has 96 valence electrons. The minimum Gasteiger partial charge on any atom is -0.322 e. The number of aryl methyl sites for hydroxylation is 1. The summed E-state index contributed by atoms with van der Waals surface area (Å²) < 4.78 is 3.10. The summed E-state index contributed by atoms with van der Waals surface area (Å²) in [6, 6.07) is 9.90. The topological polar surface area (TPSA) is 30.7 Å². The van der Waals surface area contributed by atoms with Crippen LogP contribution in [-0.2, 0) is 6.54 Å². The highest BCUT2D eigenvalue weighted by Gasteiger charge is 2.09. The highest BCUT2D eigenvalue weighted by molar-refractivity contribution is 9.10. The Morgan fingerprint density at radius 3 is 2.74 bits per heavy atom. The number of aromatic nitrogens is 3. The fourth-order valence-corrected chi connectivity index (χ4v) is 2.51. The summed E-state index contributed by atoms with van der Waals surface area (Å²) in [6.45, 7) is 2.75. The molecule has 3 aromatic rings. The van der Waals surface area contributed by atoms with Crippen molar-refractivity contribution < 1.29 is 0 Å². The third-order valence-electron chi connectivity index (χ3n) is 3.02. The van der Waals surface area contributed by atoms with E-state index in [0.717, 1.165) is 33.0 Å². The average Bonchev–Trinajstić information content (AvgIpc) is 2.69. The number of benzene rings is 1. The lowest BCUT2D eigenvalue weighted by Crippen LogP contribution is -2.01. The first-order valence-electron chi connectivity index (χ1n) is 5.86. The van der Waals surface area contributed by atoms with Gasteiger partial charge in [0.15, 0.2) is 5.65 Å². The van der Waals surface area contributed by atoms with Crippen LogP contribution in [0, 0.1) is 6.92 Å². The third-order valence-corrected chi connectivity index (χ3v) is 3.70. The molecule has 0 spiro atoms. The molecule has 5 heteroatoms. The summed E-state index contributed by atoms with van der Waals surface area (Å²) in [5.41, 5.74) is 2.99. The highest BCUT2D eigenvalue weighted by Crippen LogP contribution is 2.20. The van der Waals surface area contributed by atoms with Gasteiger partial charge in [-0.2, -0.15) is 0 Å². The van der Waals surface area contributed by atoms with Gasteiger partial charge in [-0.15, -0.1) is 0 Å². The Morgan fingerprint density at radius 2 is 2.00 bits per heavy atom. The van der Waals surface area contributed by atoms with Crippen molar-refractivity contribution in [1.29, 1.82) is 0 Å². The predicted molar refractivity (Wildman–Crippen MR) is 80.5 cm³/mol. The van der Waals surface area contributed by atoms with E-state index in [9.17, 15) is 0 Å². The first-order valence-corrected chi connectivity index (χ1v) is 7.03. The van der Waals surface area contributed by atoms with E-state index in [-0.39, 0.29) is 0 Å². The summed E-state index contributed by atoms with van der Waals surface area (Å²) >= 11 is 9.36. The number of halogens is 2. The molecular formula is C14H11BrClN3. The van der Waals surface area contributed by atoms with Crippen LogP contribution in [0.15, 0.2) is 41.0 Å². The van der Waals surface area contributed by atoms with Crippen LogP contribution >= 0.6 is 27.5 Å². The van der Waals surface area contributed by atoms with Crippen LogP contribution in [0.3, 0.4) is 0 Å². The zero-order valence-corrected chi connectivity index (χ0v) is 12.6. The molecule has 0 bridgehead atoms. The fraction of sp³-hybridized carbons (Fsp3) is 0.143. The molecule has 0 atom stereocenters. The molecule has 19 heavy (non-hydrogen) atoms. The van der Waals surface area contributed by atoms with Crippen LogP contribution in [0.1, 0.15) is 11.4 Å². The summed E-state index contributed by atoms with van der Waals surface area (Å²) in [7, 11) is 0. The van der Waals surface area contributed by atoms with E-state index in [4.69, 9.17) is 11.6 Å². The SMILES string of the molecule is Cc1nc2ncc(Br)cc2n1Cc1ccc(Cl)cc1.